The van der Waals surface area contributed by atoms with Gasteiger partial charge in [-0.25, -0.2) is 8.78 Å². The fourth-order valence-electron chi connectivity index (χ4n) is 2.14. The van der Waals surface area contributed by atoms with E-state index in [2.05, 4.69) is 5.18 Å². The Balaban J connectivity index is 2.26. The zero-order chi connectivity index (χ0) is 16.1. The molecular weight excluding hydrogens is 292 g/mol. The van der Waals surface area contributed by atoms with Crippen LogP contribution in [-0.2, 0) is 4.79 Å². The first-order chi connectivity index (χ1) is 10.5. The van der Waals surface area contributed by atoms with Gasteiger partial charge in [0.1, 0.15) is 17.7 Å². The molecule has 0 saturated carbocycles. The SMILES string of the molecule is O=NC(CCC(=O)O)c1ccc(-c2ccc(F)cc2)cc1F. The lowest BCUT2D eigenvalue weighted by atomic mass is 9.98. The van der Waals surface area contributed by atoms with Crippen LogP contribution in [0.3, 0.4) is 0 Å². The van der Waals surface area contributed by atoms with E-state index >= 15 is 0 Å². The Morgan fingerprint density at radius 2 is 1.73 bits per heavy atom. The topological polar surface area (TPSA) is 66.7 Å². The van der Waals surface area contributed by atoms with E-state index in [1.807, 2.05) is 0 Å². The molecule has 6 heteroatoms. The highest BCUT2D eigenvalue weighted by Gasteiger charge is 2.18. The minimum Gasteiger partial charge on any atom is -0.481 e. The van der Waals surface area contributed by atoms with Gasteiger partial charge in [0.25, 0.3) is 0 Å². The van der Waals surface area contributed by atoms with Crippen LogP contribution in [0, 0.1) is 16.5 Å². The second-order valence-corrected chi connectivity index (χ2v) is 4.80. The average Bonchev–Trinajstić information content (AvgIpc) is 2.49. The van der Waals surface area contributed by atoms with Crippen molar-refractivity contribution in [3.05, 3.63) is 64.6 Å². The first-order valence-corrected chi connectivity index (χ1v) is 6.61. The molecule has 4 nitrogen and oxygen atoms in total. The summed E-state index contributed by atoms with van der Waals surface area (Å²) >= 11 is 0. The van der Waals surface area contributed by atoms with Crippen LogP contribution >= 0.6 is 0 Å². The molecule has 114 valence electrons. The minimum atomic E-state index is -1.07. The molecule has 0 aromatic heterocycles. The van der Waals surface area contributed by atoms with Crippen molar-refractivity contribution in [1.29, 1.82) is 0 Å². The number of carboxylic acids is 1. The summed E-state index contributed by atoms with van der Waals surface area (Å²) in [4.78, 5) is 21.3. The Hall–Kier alpha value is -2.63. The molecule has 0 saturated heterocycles. The zero-order valence-electron chi connectivity index (χ0n) is 11.5. The van der Waals surface area contributed by atoms with E-state index in [1.54, 1.807) is 6.07 Å². The van der Waals surface area contributed by atoms with Gasteiger partial charge in [-0.1, -0.05) is 29.4 Å². The predicted molar refractivity (Wildman–Crippen MR) is 77.2 cm³/mol. The summed E-state index contributed by atoms with van der Waals surface area (Å²) in [6.45, 7) is 0. The molecule has 0 radical (unpaired) electrons. The van der Waals surface area contributed by atoms with Gasteiger partial charge in [0.2, 0.25) is 0 Å². The maximum atomic E-state index is 14.2. The second-order valence-electron chi connectivity index (χ2n) is 4.80. The quantitative estimate of drug-likeness (QED) is 0.809. The van der Waals surface area contributed by atoms with Gasteiger partial charge >= 0.3 is 5.97 Å². The second kappa shape index (κ2) is 6.89. The van der Waals surface area contributed by atoms with Gasteiger partial charge in [-0.2, -0.15) is 4.91 Å². The van der Waals surface area contributed by atoms with Crippen molar-refractivity contribution in [2.24, 2.45) is 5.18 Å². The maximum absolute atomic E-state index is 14.2. The molecule has 0 spiro atoms. The van der Waals surface area contributed by atoms with Crippen LogP contribution in [0.1, 0.15) is 24.4 Å². The van der Waals surface area contributed by atoms with Crippen LogP contribution in [0.2, 0.25) is 0 Å². The Morgan fingerprint density at radius 1 is 1.09 bits per heavy atom. The first kappa shape index (κ1) is 15.8. The van der Waals surface area contributed by atoms with Crippen LogP contribution in [0.5, 0.6) is 0 Å². The smallest absolute Gasteiger partial charge is 0.303 e. The number of rotatable bonds is 6. The fourth-order valence-corrected chi connectivity index (χ4v) is 2.14. The molecule has 0 fully saturated rings. The summed E-state index contributed by atoms with van der Waals surface area (Å²) in [5.41, 5.74) is 1.22. The van der Waals surface area contributed by atoms with Gasteiger partial charge in [-0.05, 0) is 35.7 Å². The lowest BCUT2D eigenvalue weighted by molar-refractivity contribution is -0.137. The number of hydrogen-bond donors (Lipinski definition) is 1. The lowest BCUT2D eigenvalue weighted by Crippen LogP contribution is -2.03. The van der Waals surface area contributed by atoms with Gasteiger partial charge in [0.05, 0.1) is 0 Å². The summed E-state index contributed by atoms with van der Waals surface area (Å²) in [6.07, 6.45) is -0.332. The molecular formula is C16H13F2NO3. The summed E-state index contributed by atoms with van der Waals surface area (Å²) in [5, 5.41) is 11.4. The standard InChI is InChI=1S/C16H13F2NO3/c17-12-4-1-10(2-5-12)11-3-6-13(14(18)9-11)15(19-22)7-8-16(20)21/h1-6,9,15H,7-8H2,(H,20,21). The van der Waals surface area contributed by atoms with Crippen molar-refractivity contribution >= 4 is 5.97 Å². The minimum absolute atomic E-state index is 0.0575. The van der Waals surface area contributed by atoms with Crippen LogP contribution in [0.4, 0.5) is 8.78 Å². The molecule has 1 N–H and O–H groups in total. The number of carboxylic acid groups (broad SMARTS) is 1. The molecule has 1 unspecified atom stereocenters. The number of hydrogen-bond acceptors (Lipinski definition) is 3. The van der Waals surface area contributed by atoms with Gasteiger partial charge < -0.3 is 5.11 Å². The molecule has 2 aromatic carbocycles. The first-order valence-electron chi connectivity index (χ1n) is 6.61. The van der Waals surface area contributed by atoms with Crippen molar-refractivity contribution < 1.29 is 18.7 Å². The third-order valence-corrected chi connectivity index (χ3v) is 3.30. The fraction of sp³-hybridized carbons (Fsp3) is 0.188. The van der Waals surface area contributed by atoms with E-state index in [1.165, 1.54) is 36.4 Å². The zero-order valence-corrected chi connectivity index (χ0v) is 11.5. The summed E-state index contributed by atoms with van der Waals surface area (Å²) < 4.78 is 27.0. The van der Waals surface area contributed by atoms with Crippen molar-refractivity contribution in [3.8, 4) is 11.1 Å². The van der Waals surface area contributed by atoms with Crippen LogP contribution in [-0.4, -0.2) is 11.1 Å². The van der Waals surface area contributed by atoms with E-state index in [-0.39, 0.29) is 24.2 Å². The number of carbonyl (C=O) groups is 1. The van der Waals surface area contributed by atoms with Crippen LogP contribution in [0.15, 0.2) is 47.6 Å². The molecule has 0 amide bonds. The Kier molecular flexibility index (Phi) is 4.93. The van der Waals surface area contributed by atoms with Gasteiger partial charge in [0, 0.05) is 12.0 Å². The molecule has 2 aromatic rings. The summed E-state index contributed by atoms with van der Waals surface area (Å²) in [7, 11) is 0. The monoisotopic (exact) mass is 305 g/mol. The van der Waals surface area contributed by atoms with Gasteiger partial charge in [-0.15, -0.1) is 0 Å². The highest BCUT2D eigenvalue weighted by molar-refractivity contribution is 5.67. The predicted octanol–water partition coefficient (Wildman–Crippen LogP) is 4.30. The molecule has 0 aliphatic heterocycles. The van der Waals surface area contributed by atoms with E-state index in [0.29, 0.717) is 11.1 Å². The van der Waals surface area contributed by atoms with E-state index in [0.717, 1.165) is 0 Å². The lowest BCUT2D eigenvalue weighted by Gasteiger charge is -2.11. The van der Waals surface area contributed by atoms with Crippen LogP contribution in [0.25, 0.3) is 11.1 Å². The third kappa shape index (κ3) is 3.72. The summed E-state index contributed by atoms with van der Waals surface area (Å²) in [6, 6.07) is 8.74. The van der Waals surface area contributed by atoms with Gasteiger partial charge in [-0.3, -0.25) is 4.79 Å². The Morgan fingerprint density at radius 3 is 2.27 bits per heavy atom. The van der Waals surface area contributed by atoms with Crippen molar-refractivity contribution in [2.45, 2.75) is 18.9 Å². The Bertz CT molecular complexity index is 686. The highest BCUT2D eigenvalue weighted by Crippen LogP contribution is 2.29. The molecule has 2 rings (SSSR count). The normalized spacial score (nSPS) is 11.9. The molecule has 0 aliphatic carbocycles. The highest BCUT2D eigenvalue weighted by atomic mass is 19.1. The van der Waals surface area contributed by atoms with Crippen molar-refractivity contribution in [3.63, 3.8) is 0 Å². The average molecular weight is 305 g/mol. The number of nitrogens with zero attached hydrogens (tertiary/aromatic N) is 1. The van der Waals surface area contributed by atoms with E-state index in [9.17, 15) is 18.5 Å². The molecule has 1 atom stereocenters. The molecule has 0 heterocycles. The summed E-state index contributed by atoms with van der Waals surface area (Å²) in [5.74, 6) is -2.10. The largest absolute Gasteiger partial charge is 0.481 e. The van der Waals surface area contributed by atoms with Crippen molar-refractivity contribution in [1.82, 2.24) is 0 Å². The number of nitroso groups, excluding NO2 is 1. The third-order valence-electron chi connectivity index (χ3n) is 3.30. The maximum Gasteiger partial charge on any atom is 0.303 e. The molecule has 0 aliphatic rings. The number of halogens is 2. The van der Waals surface area contributed by atoms with Crippen LogP contribution < -0.4 is 0 Å². The van der Waals surface area contributed by atoms with Gasteiger partial charge in [0.15, 0.2) is 0 Å². The van der Waals surface area contributed by atoms with E-state index in [4.69, 9.17) is 5.11 Å². The number of benzene rings is 2. The van der Waals surface area contributed by atoms with E-state index < -0.39 is 17.8 Å². The number of aliphatic carboxylic acids is 1. The molecule has 22 heavy (non-hydrogen) atoms. The van der Waals surface area contributed by atoms with Crippen molar-refractivity contribution in [2.75, 3.05) is 0 Å². The molecule has 0 bridgehead atoms. The Labute approximate surface area is 125 Å².